The second-order valence-electron chi connectivity index (χ2n) is 7.31. The second kappa shape index (κ2) is 10.6. The Morgan fingerprint density at radius 3 is 1.29 bits per heavy atom. The summed E-state index contributed by atoms with van der Waals surface area (Å²) in [5, 5.41) is 13.6. The summed E-state index contributed by atoms with van der Waals surface area (Å²) < 4.78 is 0. The SMILES string of the molecule is CC[O-].c1ccc([P+](c2ccccc2)(c2ccccc2)C2CCCCC2)cc1. The number of hydrogen-bond acceptors (Lipinski definition) is 1. The Hall–Kier alpha value is -1.95. The Kier molecular flexibility index (Phi) is 7.83. The van der Waals surface area contributed by atoms with E-state index in [1.165, 1.54) is 32.1 Å². The van der Waals surface area contributed by atoms with Gasteiger partial charge in [0.1, 0.15) is 23.2 Å². The molecule has 3 aromatic carbocycles. The molecule has 0 atom stereocenters. The molecule has 1 nitrogen and oxygen atoms in total. The molecule has 0 radical (unpaired) electrons. The van der Waals surface area contributed by atoms with Gasteiger partial charge in [-0.15, -0.1) is 6.61 Å². The van der Waals surface area contributed by atoms with Gasteiger partial charge in [-0.1, -0.05) is 67.9 Å². The molecule has 0 aliphatic heterocycles. The maximum Gasteiger partial charge on any atom is 0.115 e. The largest absolute Gasteiger partial charge is 0.855 e. The van der Waals surface area contributed by atoms with Gasteiger partial charge in [-0.2, -0.15) is 0 Å². The smallest absolute Gasteiger partial charge is 0.115 e. The van der Waals surface area contributed by atoms with Gasteiger partial charge in [-0.3, -0.25) is 0 Å². The molecule has 0 saturated heterocycles. The average Bonchev–Trinajstić information content (AvgIpc) is 2.78. The standard InChI is InChI=1S/C24H26P.C2H5O/c1-5-13-21(14-6-1)25(22-15-7-2-8-16-22,23-17-9-3-10-18-23)24-19-11-4-12-20-24;1-2-3/h1-3,5-10,13-18,24H,4,11-12,19-20H2;2H2,1H3/q+1;-1. The lowest BCUT2D eigenvalue weighted by molar-refractivity contribution is -0.361. The van der Waals surface area contributed by atoms with Crippen LogP contribution in [0.25, 0.3) is 0 Å². The zero-order chi connectivity index (χ0) is 19.7. The van der Waals surface area contributed by atoms with E-state index in [1.54, 1.807) is 22.8 Å². The van der Waals surface area contributed by atoms with Crippen molar-refractivity contribution in [2.24, 2.45) is 0 Å². The fraction of sp³-hybridized carbons (Fsp3) is 0.308. The van der Waals surface area contributed by atoms with Crippen molar-refractivity contribution in [1.82, 2.24) is 0 Å². The zero-order valence-corrected chi connectivity index (χ0v) is 17.7. The zero-order valence-electron chi connectivity index (χ0n) is 16.8. The van der Waals surface area contributed by atoms with Crippen LogP contribution in [-0.4, -0.2) is 12.3 Å². The summed E-state index contributed by atoms with van der Waals surface area (Å²) in [7, 11) is -1.63. The lowest BCUT2D eigenvalue weighted by Gasteiger charge is -2.36. The first kappa shape index (κ1) is 20.8. The van der Waals surface area contributed by atoms with E-state index in [0.717, 1.165) is 5.66 Å². The molecule has 4 rings (SSSR count). The van der Waals surface area contributed by atoms with E-state index in [1.807, 2.05) is 0 Å². The summed E-state index contributed by atoms with van der Waals surface area (Å²) in [6.07, 6.45) is 6.85. The Bertz CT molecular complexity index is 699. The molecule has 1 fully saturated rings. The van der Waals surface area contributed by atoms with Crippen LogP contribution in [0.2, 0.25) is 0 Å². The molecule has 0 amide bonds. The van der Waals surface area contributed by atoms with Crippen molar-refractivity contribution >= 4 is 23.2 Å². The molecule has 0 aromatic heterocycles. The van der Waals surface area contributed by atoms with E-state index in [4.69, 9.17) is 5.11 Å². The minimum absolute atomic E-state index is 0. The third-order valence-electron chi connectivity index (χ3n) is 5.61. The second-order valence-corrected chi connectivity index (χ2v) is 11.0. The van der Waals surface area contributed by atoms with Crippen LogP contribution in [0.4, 0.5) is 0 Å². The van der Waals surface area contributed by atoms with E-state index in [-0.39, 0.29) is 6.61 Å². The molecule has 146 valence electrons. The minimum atomic E-state index is -1.63. The highest BCUT2D eigenvalue weighted by atomic mass is 31.2. The van der Waals surface area contributed by atoms with Gasteiger partial charge in [-0.25, -0.2) is 0 Å². The van der Waals surface area contributed by atoms with Crippen LogP contribution in [0.5, 0.6) is 0 Å². The summed E-state index contributed by atoms with van der Waals surface area (Å²) in [4.78, 5) is 0. The van der Waals surface area contributed by atoms with Crippen molar-refractivity contribution in [2.75, 3.05) is 6.61 Å². The Morgan fingerprint density at radius 2 is 0.964 bits per heavy atom. The third-order valence-corrected chi connectivity index (χ3v) is 10.6. The lowest BCUT2D eigenvalue weighted by Crippen LogP contribution is -2.39. The Labute approximate surface area is 170 Å². The number of hydrogen-bond donors (Lipinski definition) is 0. The van der Waals surface area contributed by atoms with Crippen molar-refractivity contribution in [1.29, 1.82) is 0 Å². The van der Waals surface area contributed by atoms with Crippen molar-refractivity contribution in [3.05, 3.63) is 91.0 Å². The molecule has 0 unspecified atom stereocenters. The first-order valence-electron chi connectivity index (χ1n) is 10.5. The molecule has 0 spiro atoms. The van der Waals surface area contributed by atoms with Crippen LogP contribution in [0, 0.1) is 0 Å². The summed E-state index contributed by atoms with van der Waals surface area (Å²) in [5.74, 6) is 0. The van der Waals surface area contributed by atoms with E-state index in [0.29, 0.717) is 0 Å². The van der Waals surface area contributed by atoms with Crippen LogP contribution >= 0.6 is 7.26 Å². The van der Waals surface area contributed by atoms with E-state index in [9.17, 15) is 0 Å². The van der Waals surface area contributed by atoms with E-state index >= 15 is 0 Å². The van der Waals surface area contributed by atoms with Crippen LogP contribution in [0.15, 0.2) is 91.0 Å². The van der Waals surface area contributed by atoms with Crippen LogP contribution in [0.3, 0.4) is 0 Å². The monoisotopic (exact) mass is 390 g/mol. The predicted octanol–water partition coefficient (Wildman–Crippen LogP) is 4.68. The molecule has 28 heavy (non-hydrogen) atoms. The van der Waals surface area contributed by atoms with Crippen molar-refractivity contribution in [2.45, 2.75) is 44.7 Å². The van der Waals surface area contributed by atoms with Crippen molar-refractivity contribution in [3.63, 3.8) is 0 Å². The van der Waals surface area contributed by atoms with Gasteiger partial charge in [0.05, 0.1) is 5.66 Å². The normalized spacial score (nSPS) is 14.8. The van der Waals surface area contributed by atoms with Crippen LogP contribution < -0.4 is 21.0 Å². The molecular weight excluding hydrogens is 359 g/mol. The van der Waals surface area contributed by atoms with Crippen LogP contribution in [-0.2, 0) is 0 Å². The molecular formula is C26H31OP. The number of rotatable bonds is 4. The van der Waals surface area contributed by atoms with E-state index < -0.39 is 7.26 Å². The Morgan fingerprint density at radius 1 is 0.643 bits per heavy atom. The number of benzene rings is 3. The molecule has 1 aliphatic carbocycles. The first-order chi connectivity index (χ1) is 13.8. The van der Waals surface area contributed by atoms with Gasteiger partial charge in [0, 0.05) is 0 Å². The fourth-order valence-electron chi connectivity index (χ4n) is 4.54. The maximum absolute atomic E-state index is 8.93. The third kappa shape index (κ3) is 4.37. The topological polar surface area (TPSA) is 23.1 Å². The molecule has 2 heteroatoms. The van der Waals surface area contributed by atoms with Gasteiger partial charge in [0.2, 0.25) is 0 Å². The Balaban J connectivity index is 0.000000706. The fourth-order valence-corrected chi connectivity index (χ4v) is 9.76. The lowest BCUT2D eigenvalue weighted by atomic mass is 10.0. The molecule has 0 heterocycles. The van der Waals surface area contributed by atoms with Gasteiger partial charge in [-0.05, 0) is 62.1 Å². The molecule has 1 aliphatic rings. The highest BCUT2D eigenvalue weighted by Gasteiger charge is 2.51. The maximum atomic E-state index is 8.93. The highest BCUT2D eigenvalue weighted by molar-refractivity contribution is 7.96. The molecule has 0 bridgehead atoms. The van der Waals surface area contributed by atoms with Crippen molar-refractivity contribution < 1.29 is 5.11 Å². The summed E-state index contributed by atoms with van der Waals surface area (Å²) in [5.41, 5.74) is 0.758. The minimum Gasteiger partial charge on any atom is -0.855 e. The van der Waals surface area contributed by atoms with Crippen LogP contribution in [0.1, 0.15) is 39.0 Å². The molecule has 0 N–H and O–H groups in total. The van der Waals surface area contributed by atoms with Crippen molar-refractivity contribution in [3.8, 4) is 0 Å². The summed E-state index contributed by atoms with van der Waals surface area (Å²) >= 11 is 0. The first-order valence-corrected chi connectivity index (χ1v) is 12.3. The molecule has 3 aromatic rings. The summed E-state index contributed by atoms with van der Waals surface area (Å²) in [6, 6.07) is 34.0. The quantitative estimate of drug-likeness (QED) is 0.593. The van der Waals surface area contributed by atoms with Gasteiger partial charge in [0.25, 0.3) is 0 Å². The predicted molar refractivity (Wildman–Crippen MR) is 123 cm³/mol. The molecule has 1 saturated carbocycles. The van der Waals surface area contributed by atoms with Gasteiger partial charge >= 0.3 is 0 Å². The highest BCUT2D eigenvalue weighted by Crippen LogP contribution is 2.63. The van der Waals surface area contributed by atoms with E-state index in [2.05, 4.69) is 91.0 Å². The van der Waals surface area contributed by atoms with Gasteiger partial charge in [0.15, 0.2) is 0 Å². The van der Waals surface area contributed by atoms with Gasteiger partial charge < -0.3 is 5.11 Å². The average molecular weight is 391 g/mol. The summed E-state index contributed by atoms with van der Waals surface area (Å²) in [6.45, 7) is 1.57.